The van der Waals surface area contributed by atoms with E-state index in [0.29, 0.717) is 13.2 Å². The first-order valence-corrected chi connectivity index (χ1v) is 11.5. The largest absolute Gasteiger partial charge is 0.450 e. The zero-order valence-electron chi connectivity index (χ0n) is 13.9. The molecular weight excluding hydrogens is 379 g/mol. The maximum Gasteiger partial charge on any atom is 0.404 e. The molecule has 0 unspecified atom stereocenters. The topological polar surface area (TPSA) is 105 Å². The van der Waals surface area contributed by atoms with Gasteiger partial charge in [-0.3, -0.25) is 0 Å². The van der Waals surface area contributed by atoms with Gasteiger partial charge < -0.3 is 20.9 Å². The molecule has 0 aliphatic rings. The summed E-state index contributed by atoms with van der Waals surface area (Å²) in [7, 11) is 0. The standard InChI is InChI=1S/2C4H9.2C3H7NO2.Sn/c2*1-3-4-2;2*1-2-6-3(4)5;/h2*1,3-4H2,2H3;2*2H2,1H3,(H2,4,5);. The quantitative estimate of drug-likeness (QED) is 0.472. The zero-order valence-corrected chi connectivity index (χ0v) is 16.8. The first-order valence-electron chi connectivity index (χ1n) is 7.51. The van der Waals surface area contributed by atoms with E-state index in [1.54, 1.807) is 22.7 Å². The molecule has 0 fully saturated rings. The molecule has 0 atom stereocenters. The van der Waals surface area contributed by atoms with Crippen molar-refractivity contribution in [3.05, 3.63) is 0 Å². The van der Waals surface area contributed by atoms with E-state index in [2.05, 4.69) is 34.8 Å². The molecule has 7 heteroatoms. The van der Waals surface area contributed by atoms with E-state index < -0.39 is 12.2 Å². The molecule has 0 rings (SSSR count). The average Bonchev–Trinajstić information content (AvgIpc) is 2.40. The molecule has 2 amide bonds. The maximum absolute atomic E-state index is 9.60. The van der Waals surface area contributed by atoms with E-state index in [1.165, 1.54) is 25.7 Å². The van der Waals surface area contributed by atoms with Crippen molar-refractivity contribution in [2.75, 3.05) is 13.2 Å². The summed E-state index contributed by atoms with van der Waals surface area (Å²) in [5.41, 5.74) is 9.08. The smallest absolute Gasteiger partial charge is 0.404 e. The maximum atomic E-state index is 9.60. The molecule has 4 N–H and O–H groups in total. The molecule has 0 aromatic heterocycles. The summed E-state index contributed by atoms with van der Waals surface area (Å²) < 4.78 is 11.6. The SMILES string of the molecule is CCC[CH2][Sn][CH2]CCC.CCOC(N)=O.CCOC(N)=O. The second-order valence-corrected chi connectivity index (χ2v) is 8.24. The third kappa shape index (κ3) is 45.2. The van der Waals surface area contributed by atoms with E-state index in [-0.39, 0.29) is 21.1 Å². The molecule has 0 aromatic carbocycles. The van der Waals surface area contributed by atoms with E-state index in [1.807, 2.05) is 0 Å². The van der Waals surface area contributed by atoms with Gasteiger partial charge >= 0.3 is 81.7 Å². The predicted molar refractivity (Wildman–Crippen MR) is 87.6 cm³/mol. The molecule has 6 nitrogen and oxygen atoms in total. The Bertz CT molecular complexity index is 207. The molecule has 2 radical (unpaired) electrons. The number of nitrogens with two attached hydrogens (primary N) is 2. The molecule has 0 heterocycles. The second kappa shape index (κ2) is 24.4. The number of hydrogen-bond acceptors (Lipinski definition) is 4. The van der Waals surface area contributed by atoms with Crippen LogP contribution in [-0.4, -0.2) is 46.5 Å². The third-order valence-electron chi connectivity index (χ3n) is 1.99. The summed E-state index contributed by atoms with van der Waals surface area (Å²) in [6.45, 7) is 8.69. The van der Waals surface area contributed by atoms with Crippen molar-refractivity contribution >= 4 is 33.3 Å². The van der Waals surface area contributed by atoms with Gasteiger partial charge in [-0.1, -0.05) is 0 Å². The van der Waals surface area contributed by atoms with Crippen molar-refractivity contribution in [2.45, 2.75) is 62.3 Å². The van der Waals surface area contributed by atoms with Gasteiger partial charge in [-0.05, 0) is 13.8 Å². The Labute approximate surface area is 139 Å². The van der Waals surface area contributed by atoms with Crippen LogP contribution >= 0.6 is 0 Å². The summed E-state index contributed by atoms with van der Waals surface area (Å²) >= 11 is 0.149. The minimum atomic E-state index is -0.711. The van der Waals surface area contributed by atoms with Gasteiger partial charge in [0.15, 0.2) is 0 Å². The van der Waals surface area contributed by atoms with Gasteiger partial charge in [-0.25, -0.2) is 9.59 Å². The summed E-state index contributed by atoms with van der Waals surface area (Å²) in [4.78, 5) is 19.2. The van der Waals surface area contributed by atoms with Crippen LogP contribution in [0, 0.1) is 0 Å². The predicted octanol–water partition coefficient (Wildman–Crippen LogP) is 3.33. The van der Waals surface area contributed by atoms with Crippen LogP contribution < -0.4 is 11.5 Å². The fourth-order valence-corrected chi connectivity index (χ4v) is 5.17. The Balaban J connectivity index is -0.000000240. The van der Waals surface area contributed by atoms with Crippen LogP contribution in [0.3, 0.4) is 0 Å². The van der Waals surface area contributed by atoms with Crippen molar-refractivity contribution in [1.82, 2.24) is 0 Å². The summed E-state index contributed by atoms with van der Waals surface area (Å²) in [5.74, 6) is 0. The molecule has 0 saturated carbocycles. The van der Waals surface area contributed by atoms with Gasteiger partial charge in [0.1, 0.15) is 0 Å². The third-order valence-corrected chi connectivity index (χ3v) is 6.02. The number of amides is 2. The molecule has 0 aliphatic heterocycles. The van der Waals surface area contributed by atoms with Crippen molar-refractivity contribution in [3.63, 3.8) is 0 Å². The monoisotopic (exact) mass is 412 g/mol. The number of rotatable bonds is 8. The van der Waals surface area contributed by atoms with E-state index in [0.717, 1.165) is 0 Å². The van der Waals surface area contributed by atoms with E-state index in [4.69, 9.17) is 0 Å². The molecular formula is C14H32N2O4Sn. The molecule has 21 heavy (non-hydrogen) atoms. The Morgan fingerprint density at radius 1 is 0.810 bits per heavy atom. The van der Waals surface area contributed by atoms with Crippen LogP contribution in [0.25, 0.3) is 0 Å². The Hall–Kier alpha value is -0.661. The van der Waals surface area contributed by atoms with Gasteiger partial charge in [0.25, 0.3) is 0 Å². The number of unbranched alkanes of at least 4 members (excludes halogenated alkanes) is 2. The van der Waals surface area contributed by atoms with Crippen LogP contribution in [0.2, 0.25) is 8.87 Å². The van der Waals surface area contributed by atoms with Crippen molar-refractivity contribution in [2.24, 2.45) is 11.5 Å². The normalized spacial score (nSPS) is 8.57. The van der Waals surface area contributed by atoms with Crippen molar-refractivity contribution in [3.8, 4) is 0 Å². The number of hydrogen-bond donors (Lipinski definition) is 2. The number of primary amides is 2. The summed E-state index contributed by atoms with van der Waals surface area (Å²) in [6.07, 6.45) is 4.42. The van der Waals surface area contributed by atoms with Gasteiger partial charge in [-0.2, -0.15) is 0 Å². The van der Waals surface area contributed by atoms with Crippen molar-refractivity contribution < 1.29 is 19.1 Å². The Kier molecular flexibility index (Phi) is 29.4. The molecule has 126 valence electrons. The van der Waals surface area contributed by atoms with Crippen LogP contribution in [0.4, 0.5) is 9.59 Å². The number of carbonyl (C=O) groups excluding carboxylic acids is 2. The molecule has 0 aliphatic carbocycles. The van der Waals surface area contributed by atoms with Crippen LogP contribution in [0.15, 0.2) is 0 Å². The minimum Gasteiger partial charge on any atom is -0.450 e. The van der Waals surface area contributed by atoms with E-state index >= 15 is 0 Å². The fourth-order valence-electron chi connectivity index (χ4n) is 1.01. The van der Waals surface area contributed by atoms with Crippen LogP contribution in [0.1, 0.15) is 53.4 Å². The average molecular weight is 411 g/mol. The Morgan fingerprint density at radius 2 is 1.14 bits per heavy atom. The van der Waals surface area contributed by atoms with E-state index in [9.17, 15) is 9.59 Å². The first kappa shape index (κ1) is 25.3. The summed E-state index contributed by atoms with van der Waals surface area (Å²) in [6, 6.07) is 0. The number of ether oxygens (including phenoxy) is 2. The second-order valence-electron chi connectivity index (χ2n) is 3.96. The Morgan fingerprint density at radius 3 is 1.29 bits per heavy atom. The molecule has 0 aromatic rings. The fraction of sp³-hybridized carbons (Fsp3) is 0.857. The molecule has 0 spiro atoms. The van der Waals surface area contributed by atoms with Crippen molar-refractivity contribution in [1.29, 1.82) is 0 Å². The first-order chi connectivity index (χ1) is 9.95. The minimum absolute atomic E-state index is 0.149. The molecule has 0 saturated heterocycles. The molecule has 0 bridgehead atoms. The van der Waals surface area contributed by atoms with Gasteiger partial charge in [0, 0.05) is 0 Å². The zero-order chi connectivity index (χ0) is 16.9. The van der Waals surface area contributed by atoms with Crippen LogP contribution in [-0.2, 0) is 9.47 Å². The number of carbonyl (C=O) groups is 2. The van der Waals surface area contributed by atoms with Gasteiger partial charge in [0.2, 0.25) is 0 Å². The van der Waals surface area contributed by atoms with Gasteiger partial charge in [-0.15, -0.1) is 0 Å². The van der Waals surface area contributed by atoms with Gasteiger partial charge in [0.05, 0.1) is 13.2 Å². The van der Waals surface area contributed by atoms with Crippen LogP contribution in [0.5, 0.6) is 0 Å². The summed E-state index contributed by atoms with van der Waals surface area (Å²) in [5, 5.41) is 0.